The lowest BCUT2D eigenvalue weighted by molar-refractivity contribution is -0.137. The summed E-state index contributed by atoms with van der Waals surface area (Å²) < 4.78 is 0. The summed E-state index contributed by atoms with van der Waals surface area (Å²) in [6.45, 7) is 0.276. The van der Waals surface area contributed by atoms with E-state index in [1.54, 1.807) is 12.1 Å². The lowest BCUT2D eigenvalue weighted by Gasteiger charge is -2.29. The molecular formula is C21H21N3O4. The number of amides is 4. The molecule has 3 aliphatic carbocycles. The number of hydrogen-bond donors (Lipinski definition) is 2. The fourth-order valence-electron chi connectivity index (χ4n) is 5.99. The van der Waals surface area contributed by atoms with Crippen molar-refractivity contribution in [3.63, 3.8) is 0 Å². The molecule has 1 aromatic rings. The highest BCUT2D eigenvalue weighted by Crippen LogP contribution is 2.92. The first-order valence-electron chi connectivity index (χ1n) is 10.0. The summed E-state index contributed by atoms with van der Waals surface area (Å²) in [7, 11) is 0. The molecule has 2 heterocycles. The predicted octanol–water partition coefficient (Wildman–Crippen LogP) is 1.58. The van der Waals surface area contributed by atoms with Crippen LogP contribution >= 0.6 is 0 Å². The fourth-order valence-corrected chi connectivity index (χ4v) is 5.99. The van der Waals surface area contributed by atoms with Crippen LogP contribution in [0.2, 0.25) is 0 Å². The first-order valence-corrected chi connectivity index (χ1v) is 10.0. The molecule has 7 nitrogen and oxygen atoms in total. The van der Waals surface area contributed by atoms with Crippen LogP contribution in [-0.2, 0) is 20.9 Å². The molecule has 5 aliphatic rings. The van der Waals surface area contributed by atoms with Gasteiger partial charge in [0.15, 0.2) is 0 Å². The lowest BCUT2D eigenvalue weighted by Crippen LogP contribution is -2.52. The molecule has 0 bridgehead atoms. The van der Waals surface area contributed by atoms with Crippen LogP contribution in [0.3, 0.4) is 0 Å². The molecule has 28 heavy (non-hydrogen) atoms. The van der Waals surface area contributed by atoms with Gasteiger partial charge in [-0.25, -0.2) is 0 Å². The van der Waals surface area contributed by atoms with Crippen LogP contribution in [0.5, 0.6) is 0 Å². The highest BCUT2D eigenvalue weighted by Gasteiger charge is 2.88. The molecule has 4 amide bonds. The quantitative estimate of drug-likeness (QED) is 0.780. The molecule has 6 rings (SSSR count). The number of nitrogens with one attached hydrogen (secondary N) is 2. The van der Waals surface area contributed by atoms with Crippen molar-refractivity contribution in [3.05, 3.63) is 29.3 Å². The van der Waals surface area contributed by atoms with Crippen LogP contribution in [0.25, 0.3) is 0 Å². The molecule has 1 aromatic carbocycles. The molecule has 2 aliphatic heterocycles. The summed E-state index contributed by atoms with van der Waals surface area (Å²) in [6.07, 6.45) is 5.23. The van der Waals surface area contributed by atoms with Crippen LogP contribution in [0.1, 0.15) is 54.4 Å². The van der Waals surface area contributed by atoms with Gasteiger partial charge in [-0.2, -0.15) is 0 Å². The van der Waals surface area contributed by atoms with E-state index in [2.05, 4.69) is 10.6 Å². The van der Waals surface area contributed by atoms with Crippen molar-refractivity contribution >= 4 is 29.3 Å². The molecule has 2 spiro atoms. The van der Waals surface area contributed by atoms with Crippen LogP contribution in [-0.4, -0.2) is 34.6 Å². The maximum atomic E-state index is 12.9. The summed E-state index contributed by atoms with van der Waals surface area (Å²) in [5.74, 6) is -0.739. The SMILES string of the molecule is O=C1CCC(N2Cc3c(NC(=O)C4C5(CC5)C45CC5)cccc3C2=O)C(=O)N1. The zero-order valence-electron chi connectivity index (χ0n) is 15.4. The molecular weight excluding hydrogens is 358 g/mol. The van der Waals surface area contributed by atoms with Gasteiger partial charge in [0.25, 0.3) is 5.91 Å². The van der Waals surface area contributed by atoms with Gasteiger partial charge in [0.1, 0.15) is 6.04 Å². The van der Waals surface area contributed by atoms with Crippen LogP contribution in [0.15, 0.2) is 18.2 Å². The second kappa shape index (κ2) is 5.01. The van der Waals surface area contributed by atoms with E-state index in [4.69, 9.17) is 0 Å². The van der Waals surface area contributed by atoms with Crippen molar-refractivity contribution in [2.45, 2.75) is 51.1 Å². The number of hydrogen-bond acceptors (Lipinski definition) is 4. The zero-order valence-corrected chi connectivity index (χ0v) is 15.4. The Bertz CT molecular complexity index is 958. The third-order valence-electron chi connectivity index (χ3n) is 7.69. The molecule has 4 fully saturated rings. The minimum absolute atomic E-state index is 0.0790. The van der Waals surface area contributed by atoms with Gasteiger partial charge >= 0.3 is 0 Å². The van der Waals surface area contributed by atoms with Crippen molar-refractivity contribution in [2.75, 3.05) is 5.32 Å². The van der Waals surface area contributed by atoms with Crippen molar-refractivity contribution < 1.29 is 19.2 Å². The van der Waals surface area contributed by atoms with Crippen LogP contribution in [0, 0.1) is 16.7 Å². The largest absolute Gasteiger partial charge is 0.325 e. The fraction of sp³-hybridized carbons (Fsp3) is 0.524. The summed E-state index contributed by atoms with van der Waals surface area (Å²) in [6, 6.07) is 4.70. The molecule has 1 atom stereocenters. The van der Waals surface area contributed by atoms with Gasteiger partial charge < -0.3 is 10.2 Å². The minimum atomic E-state index is -0.644. The van der Waals surface area contributed by atoms with Crippen LogP contribution in [0.4, 0.5) is 5.69 Å². The molecule has 2 N–H and O–H groups in total. The second-order valence-corrected chi connectivity index (χ2v) is 8.97. The van der Waals surface area contributed by atoms with Gasteiger partial charge in [-0.15, -0.1) is 0 Å². The molecule has 0 radical (unpaired) electrons. The van der Waals surface area contributed by atoms with Crippen molar-refractivity contribution in [1.82, 2.24) is 10.2 Å². The molecule has 1 saturated heterocycles. The lowest BCUT2D eigenvalue weighted by atomic mass is 10.0. The van der Waals surface area contributed by atoms with E-state index in [0.717, 1.165) is 5.56 Å². The Balaban J connectivity index is 1.24. The number of fused-ring (bicyclic) bond motifs is 2. The van der Waals surface area contributed by atoms with Gasteiger partial charge in [-0.1, -0.05) is 6.07 Å². The number of carbonyl (C=O) groups is 4. The van der Waals surface area contributed by atoms with E-state index in [0.29, 0.717) is 17.7 Å². The number of carbonyl (C=O) groups excluding carboxylic acids is 4. The molecule has 0 aromatic heterocycles. The summed E-state index contributed by atoms with van der Waals surface area (Å²) >= 11 is 0. The van der Waals surface area contributed by atoms with E-state index in [1.807, 2.05) is 6.07 Å². The molecule has 144 valence electrons. The van der Waals surface area contributed by atoms with Gasteiger partial charge in [0, 0.05) is 29.8 Å². The Labute approximate surface area is 161 Å². The normalized spacial score (nSPS) is 28.4. The average Bonchev–Trinajstić information content (AvgIpc) is 3.60. The van der Waals surface area contributed by atoms with Gasteiger partial charge in [0.05, 0.1) is 5.92 Å². The van der Waals surface area contributed by atoms with Crippen LogP contribution < -0.4 is 10.6 Å². The van der Waals surface area contributed by atoms with E-state index >= 15 is 0 Å². The number of piperidine rings is 1. The summed E-state index contributed by atoms with van der Waals surface area (Å²) in [5, 5.41) is 5.40. The maximum Gasteiger partial charge on any atom is 0.255 e. The second-order valence-electron chi connectivity index (χ2n) is 8.97. The third-order valence-corrected chi connectivity index (χ3v) is 7.69. The predicted molar refractivity (Wildman–Crippen MR) is 97.9 cm³/mol. The van der Waals surface area contributed by atoms with Gasteiger partial charge in [-0.3, -0.25) is 24.5 Å². The van der Waals surface area contributed by atoms with Gasteiger partial charge in [-0.05, 0) is 55.1 Å². The Morgan fingerprint density at radius 3 is 2.46 bits per heavy atom. The maximum absolute atomic E-state index is 12.9. The average molecular weight is 379 g/mol. The Morgan fingerprint density at radius 2 is 1.82 bits per heavy atom. The van der Waals surface area contributed by atoms with Crippen molar-refractivity contribution in [3.8, 4) is 0 Å². The number of imide groups is 1. The first-order chi connectivity index (χ1) is 13.5. The minimum Gasteiger partial charge on any atom is -0.325 e. The Morgan fingerprint density at radius 1 is 1.11 bits per heavy atom. The summed E-state index contributed by atoms with van der Waals surface area (Å²) in [5.41, 5.74) is 2.53. The van der Waals surface area contributed by atoms with E-state index in [9.17, 15) is 19.2 Å². The first kappa shape index (κ1) is 16.3. The summed E-state index contributed by atoms with van der Waals surface area (Å²) in [4.78, 5) is 50.9. The van der Waals surface area contributed by atoms with E-state index in [1.165, 1.54) is 30.6 Å². The van der Waals surface area contributed by atoms with E-state index in [-0.39, 0.29) is 47.4 Å². The molecule has 1 unspecified atom stereocenters. The third kappa shape index (κ3) is 1.94. The van der Waals surface area contributed by atoms with Crippen molar-refractivity contribution in [1.29, 1.82) is 0 Å². The smallest absolute Gasteiger partial charge is 0.255 e. The number of rotatable bonds is 3. The Kier molecular flexibility index (Phi) is 2.91. The van der Waals surface area contributed by atoms with Crippen molar-refractivity contribution in [2.24, 2.45) is 16.7 Å². The highest BCUT2D eigenvalue weighted by molar-refractivity contribution is 6.07. The highest BCUT2D eigenvalue weighted by atomic mass is 16.2. The number of anilines is 1. The zero-order chi connectivity index (χ0) is 19.3. The molecule has 3 saturated carbocycles. The molecule has 7 heteroatoms. The number of nitrogens with zero attached hydrogens (tertiary/aromatic N) is 1. The Hall–Kier alpha value is -2.70. The van der Waals surface area contributed by atoms with Gasteiger partial charge in [0.2, 0.25) is 17.7 Å². The monoisotopic (exact) mass is 379 g/mol. The number of benzene rings is 1. The van der Waals surface area contributed by atoms with E-state index < -0.39 is 11.9 Å². The standard InChI is InChI=1S/C21H21N3O4/c25-15-5-4-14(17(26)23-15)24-10-12-11(19(24)28)2-1-3-13(12)22-18(27)16-20(6-7-20)21(16)8-9-21/h1-3,14,16H,4-10H2,(H,22,27)(H,23,25,26). The topological polar surface area (TPSA) is 95.6 Å².